The molecule has 0 aliphatic heterocycles. The van der Waals surface area contributed by atoms with Crippen LogP contribution < -0.4 is 10.0 Å². The number of hydrogen-bond donors (Lipinski definition) is 3. The highest BCUT2D eigenvalue weighted by Gasteiger charge is 2.41. The maximum atomic E-state index is 12.2. The maximum absolute atomic E-state index is 12.2. The Labute approximate surface area is 141 Å². The van der Waals surface area contributed by atoms with Gasteiger partial charge >= 0.3 is 0 Å². The van der Waals surface area contributed by atoms with E-state index in [4.69, 9.17) is 11.6 Å². The van der Waals surface area contributed by atoms with Gasteiger partial charge < -0.3 is 10.4 Å². The molecule has 1 amide bonds. The first kappa shape index (κ1) is 18.2. The van der Waals surface area contributed by atoms with Crippen LogP contribution in [0.15, 0.2) is 29.2 Å². The Morgan fingerprint density at radius 2 is 1.96 bits per heavy atom. The molecule has 1 fully saturated rings. The molecule has 0 aromatic heterocycles. The molecule has 1 atom stereocenters. The second-order valence-corrected chi connectivity index (χ2v) is 8.15. The number of amides is 1. The van der Waals surface area contributed by atoms with E-state index in [-0.39, 0.29) is 16.9 Å². The van der Waals surface area contributed by atoms with Crippen LogP contribution >= 0.6 is 11.6 Å². The quantitative estimate of drug-likeness (QED) is 0.650. The second-order valence-electron chi connectivity index (χ2n) is 6.00. The molecule has 1 saturated carbocycles. The highest BCUT2D eigenvalue weighted by Crippen LogP contribution is 2.47. The Morgan fingerprint density at radius 3 is 2.48 bits per heavy atom. The summed E-state index contributed by atoms with van der Waals surface area (Å²) in [6.07, 6.45) is 2.64. The molecule has 1 aliphatic rings. The highest BCUT2D eigenvalue weighted by atomic mass is 35.5. The van der Waals surface area contributed by atoms with Crippen molar-refractivity contribution in [2.75, 3.05) is 13.2 Å². The van der Waals surface area contributed by atoms with E-state index in [1.54, 1.807) is 0 Å². The molecular formula is C15H21ClN2O4S. The Bertz CT molecular complexity index is 657. The summed E-state index contributed by atoms with van der Waals surface area (Å²) < 4.78 is 26.7. The third kappa shape index (κ3) is 4.91. The van der Waals surface area contributed by atoms with Gasteiger partial charge in [0.25, 0.3) is 0 Å². The summed E-state index contributed by atoms with van der Waals surface area (Å²) >= 11 is 5.73. The molecule has 3 N–H and O–H groups in total. The number of nitrogens with one attached hydrogen (secondary N) is 2. The van der Waals surface area contributed by atoms with Gasteiger partial charge in [0.1, 0.15) is 0 Å². The van der Waals surface area contributed by atoms with Crippen LogP contribution in [-0.2, 0) is 14.8 Å². The molecule has 23 heavy (non-hydrogen) atoms. The molecule has 0 spiro atoms. The predicted octanol–water partition coefficient (Wildman–Crippen LogP) is 1.29. The zero-order valence-electron chi connectivity index (χ0n) is 12.9. The lowest BCUT2D eigenvalue weighted by atomic mass is 10.0. The van der Waals surface area contributed by atoms with Gasteiger partial charge in [-0.05, 0) is 55.9 Å². The molecule has 2 rings (SSSR count). The smallest absolute Gasteiger partial charge is 0.241 e. The molecule has 8 heteroatoms. The lowest BCUT2D eigenvalue weighted by molar-refractivity contribution is -0.122. The van der Waals surface area contributed by atoms with Crippen LogP contribution in [-0.4, -0.2) is 38.6 Å². The Balaban J connectivity index is 1.86. The Kier molecular flexibility index (Phi) is 5.67. The van der Waals surface area contributed by atoms with Crippen LogP contribution in [0.2, 0.25) is 5.02 Å². The van der Waals surface area contributed by atoms with E-state index in [9.17, 15) is 18.3 Å². The molecule has 0 saturated heterocycles. The van der Waals surface area contributed by atoms with E-state index in [0.29, 0.717) is 18.0 Å². The van der Waals surface area contributed by atoms with Gasteiger partial charge in [0.05, 0.1) is 10.9 Å². The van der Waals surface area contributed by atoms with Crippen LogP contribution in [0.5, 0.6) is 0 Å². The number of benzene rings is 1. The number of carbonyl (C=O) groups excluding carboxylic acids is 1. The third-order valence-electron chi connectivity index (χ3n) is 4.10. The van der Waals surface area contributed by atoms with Gasteiger partial charge in [-0.1, -0.05) is 11.6 Å². The van der Waals surface area contributed by atoms with E-state index < -0.39 is 22.0 Å². The summed E-state index contributed by atoms with van der Waals surface area (Å²) in [4.78, 5) is 12.0. The number of carbonyl (C=O) groups is 1. The summed E-state index contributed by atoms with van der Waals surface area (Å²) in [6.45, 7) is 2.04. The average Bonchev–Trinajstić information content (AvgIpc) is 3.27. The molecule has 0 radical (unpaired) electrons. The standard InChI is InChI=1S/C15H21ClN2O4S/c1-11(14(20)17-9-8-15(10-19)6-7-15)18-23(21,22)13-4-2-12(16)3-5-13/h2-5,11,18-19H,6-10H2,1H3,(H,17,20)/t11-/m0/s1. The SMILES string of the molecule is C[C@H](NS(=O)(=O)c1ccc(Cl)cc1)C(=O)NCCC1(CO)CC1. The molecule has 1 aliphatic carbocycles. The monoisotopic (exact) mass is 360 g/mol. The molecule has 128 valence electrons. The van der Waals surface area contributed by atoms with Gasteiger partial charge in [0.2, 0.25) is 15.9 Å². The average molecular weight is 361 g/mol. The third-order valence-corrected chi connectivity index (χ3v) is 5.90. The molecule has 1 aromatic carbocycles. The maximum Gasteiger partial charge on any atom is 0.241 e. The summed E-state index contributed by atoms with van der Waals surface area (Å²) in [7, 11) is -3.78. The van der Waals surface area contributed by atoms with Gasteiger partial charge in [-0.2, -0.15) is 4.72 Å². The fourth-order valence-electron chi connectivity index (χ4n) is 2.24. The van der Waals surface area contributed by atoms with Gasteiger partial charge in [-0.15, -0.1) is 0 Å². The topological polar surface area (TPSA) is 95.5 Å². The van der Waals surface area contributed by atoms with Crippen molar-refractivity contribution in [3.05, 3.63) is 29.3 Å². The minimum atomic E-state index is -3.78. The van der Waals surface area contributed by atoms with Crippen molar-refractivity contribution >= 4 is 27.5 Å². The minimum absolute atomic E-state index is 0.0423. The molecule has 1 aromatic rings. The number of rotatable bonds is 8. The number of halogens is 1. The van der Waals surface area contributed by atoms with Crippen LogP contribution in [0, 0.1) is 5.41 Å². The lowest BCUT2D eigenvalue weighted by Crippen LogP contribution is -2.45. The molecule has 6 nitrogen and oxygen atoms in total. The van der Waals surface area contributed by atoms with E-state index in [1.807, 2.05) is 0 Å². The lowest BCUT2D eigenvalue weighted by Gasteiger charge is -2.16. The van der Waals surface area contributed by atoms with Crippen LogP contribution in [0.3, 0.4) is 0 Å². The van der Waals surface area contributed by atoms with Crippen molar-refractivity contribution in [3.8, 4) is 0 Å². The van der Waals surface area contributed by atoms with Gasteiger partial charge in [-0.25, -0.2) is 8.42 Å². The van der Waals surface area contributed by atoms with E-state index in [1.165, 1.54) is 31.2 Å². The Hall–Kier alpha value is -1.15. The minimum Gasteiger partial charge on any atom is -0.396 e. The van der Waals surface area contributed by atoms with E-state index in [0.717, 1.165) is 12.8 Å². The van der Waals surface area contributed by atoms with E-state index in [2.05, 4.69) is 10.0 Å². The zero-order chi connectivity index (χ0) is 17.1. The molecule has 0 heterocycles. The van der Waals surface area contributed by atoms with Crippen molar-refractivity contribution in [2.24, 2.45) is 5.41 Å². The van der Waals surface area contributed by atoms with Crippen molar-refractivity contribution < 1.29 is 18.3 Å². The molecular weight excluding hydrogens is 340 g/mol. The van der Waals surface area contributed by atoms with Crippen LogP contribution in [0.1, 0.15) is 26.2 Å². The number of aliphatic hydroxyl groups excluding tert-OH is 1. The largest absolute Gasteiger partial charge is 0.396 e. The summed E-state index contributed by atoms with van der Waals surface area (Å²) in [6, 6.07) is 4.83. The Morgan fingerprint density at radius 1 is 1.35 bits per heavy atom. The number of aliphatic hydroxyl groups is 1. The first-order valence-electron chi connectivity index (χ1n) is 7.44. The van der Waals surface area contributed by atoms with Crippen LogP contribution in [0.25, 0.3) is 0 Å². The highest BCUT2D eigenvalue weighted by molar-refractivity contribution is 7.89. The first-order chi connectivity index (χ1) is 10.8. The van der Waals surface area contributed by atoms with Gasteiger partial charge in [0, 0.05) is 18.2 Å². The van der Waals surface area contributed by atoms with Gasteiger partial charge in [-0.3, -0.25) is 4.79 Å². The zero-order valence-corrected chi connectivity index (χ0v) is 14.5. The molecule has 0 unspecified atom stereocenters. The van der Waals surface area contributed by atoms with Crippen LogP contribution in [0.4, 0.5) is 0 Å². The normalized spacial score (nSPS) is 17.5. The molecule has 0 bridgehead atoms. The fraction of sp³-hybridized carbons (Fsp3) is 0.533. The van der Waals surface area contributed by atoms with Crippen molar-refractivity contribution in [2.45, 2.75) is 37.1 Å². The number of sulfonamides is 1. The summed E-state index contributed by atoms with van der Waals surface area (Å²) in [5.41, 5.74) is -0.0423. The summed E-state index contributed by atoms with van der Waals surface area (Å²) in [5.74, 6) is -0.392. The van der Waals surface area contributed by atoms with Gasteiger partial charge in [0.15, 0.2) is 0 Å². The van der Waals surface area contributed by atoms with E-state index >= 15 is 0 Å². The second kappa shape index (κ2) is 7.17. The fourth-order valence-corrected chi connectivity index (χ4v) is 3.56. The van der Waals surface area contributed by atoms with Crippen molar-refractivity contribution in [3.63, 3.8) is 0 Å². The first-order valence-corrected chi connectivity index (χ1v) is 9.31. The number of hydrogen-bond acceptors (Lipinski definition) is 4. The summed E-state index contributed by atoms with van der Waals surface area (Å²) in [5, 5.41) is 12.4. The van der Waals surface area contributed by atoms with Crippen molar-refractivity contribution in [1.29, 1.82) is 0 Å². The predicted molar refractivity (Wildman–Crippen MR) is 87.6 cm³/mol. The van der Waals surface area contributed by atoms with Crippen molar-refractivity contribution in [1.82, 2.24) is 10.0 Å².